The van der Waals surface area contributed by atoms with E-state index in [1.54, 1.807) is 25.1 Å². The molecular weight excluding hydrogens is 264 g/mol. The average molecular weight is 285 g/mol. The molecule has 0 aliphatic carbocycles. The highest BCUT2D eigenvalue weighted by molar-refractivity contribution is 6.30. The second-order valence-corrected chi connectivity index (χ2v) is 5.15. The number of aliphatic hydroxyl groups is 1. The number of hydrogen-bond donors (Lipinski definition) is 3. The maximum Gasteiger partial charge on any atom is 0.242 e. The van der Waals surface area contributed by atoms with Crippen molar-refractivity contribution in [3.05, 3.63) is 34.9 Å². The van der Waals surface area contributed by atoms with Crippen molar-refractivity contribution >= 4 is 17.5 Å². The lowest BCUT2D eigenvalue weighted by atomic mass is 9.91. The first-order valence-electron chi connectivity index (χ1n) is 6.42. The van der Waals surface area contributed by atoms with Crippen molar-refractivity contribution in [2.75, 3.05) is 13.2 Å². The van der Waals surface area contributed by atoms with Crippen molar-refractivity contribution in [3.63, 3.8) is 0 Å². The molecule has 0 aliphatic rings. The third kappa shape index (κ3) is 4.49. The Morgan fingerprint density at radius 3 is 2.74 bits per heavy atom. The molecule has 0 aromatic heterocycles. The van der Waals surface area contributed by atoms with Crippen LogP contribution in [0, 0.1) is 0 Å². The summed E-state index contributed by atoms with van der Waals surface area (Å²) in [6, 6.07) is 7.13. The standard InChI is InChI=1S/C14H21ClN2O2/c1-14(13(16)19,17-8-3-2-4-9-18)11-6-5-7-12(15)10-11/h5-7,10,17-18H,2-4,8-9H2,1H3,(H2,16,19). The Kier molecular flexibility index (Phi) is 6.28. The molecule has 19 heavy (non-hydrogen) atoms. The number of carbonyl (C=O) groups excluding carboxylic acids is 1. The molecule has 1 amide bonds. The second-order valence-electron chi connectivity index (χ2n) is 4.71. The summed E-state index contributed by atoms with van der Waals surface area (Å²) in [7, 11) is 0. The van der Waals surface area contributed by atoms with Gasteiger partial charge in [0.15, 0.2) is 0 Å². The lowest BCUT2D eigenvalue weighted by Gasteiger charge is -2.28. The first-order valence-corrected chi connectivity index (χ1v) is 6.80. The summed E-state index contributed by atoms with van der Waals surface area (Å²) in [5.41, 5.74) is 5.34. The fraction of sp³-hybridized carbons (Fsp3) is 0.500. The van der Waals surface area contributed by atoms with Gasteiger partial charge in [0.2, 0.25) is 5.91 Å². The number of primary amides is 1. The molecule has 0 aliphatic heterocycles. The molecule has 1 atom stereocenters. The van der Waals surface area contributed by atoms with Gasteiger partial charge in [-0.2, -0.15) is 0 Å². The van der Waals surface area contributed by atoms with Crippen LogP contribution in [0.5, 0.6) is 0 Å². The third-order valence-electron chi connectivity index (χ3n) is 3.21. The molecule has 0 heterocycles. The number of nitrogens with two attached hydrogens (primary N) is 1. The molecule has 0 bridgehead atoms. The van der Waals surface area contributed by atoms with E-state index in [9.17, 15) is 4.79 Å². The van der Waals surface area contributed by atoms with Gasteiger partial charge in [0.1, 0.15) is 5.54 Å². The van der Waals surface area contributed by atoms with Crippen LogP contribution >= 0.6 is 11.6 Å². The molecule has 4 N–H and O–H groups in total. The van der Waals surface area contributed by atoms with E-state index < -0.39 is 11.4 Å². The number of benzene rings is 1. The highest BCUT2D eigenvalue weighted by Crippen LogP contribution is 2.23. The van der Waals surface area contributed by atoms with Gasteiger partial charge in [0.25, 0.3) is 0 Å². The number of amides is 1. The zero-order valence-corrected chi connectivity index (χ0v) is 11.9. The van der Waals surface area contributed by atoms with Gasteiger partial charge in [-0.3, -0.25) is 10.1 Å². The van der Waals surface area contributed by atoms with Gasteiger partial charge in [-0.05, 0) is 50.4 Å². The zero-order chi connectivity index (χ0) is 14.3. The molecule has 1 rings (SSSR count). The predicted octanol–water partition coefficient (Wildman–Crippen LogP) is 1.79. The SMILES string of the molecule is CC(NCCCCCO)(C(N)=O)c1cccc(Cl)c1. The Hall–Kier alpha value is -1.10. The molecule has 4 nitrogen and oxygen atoms in total. The van der Waals surface area contributed by atoms with Crippen LogP contribution in [-0.4, -0.2) is 24.2 Å². The summed E-state index contributed by atoms with van der Waals surface area (Å²) in [4.78, 5) is 11.7. The largest absolute Gasteiger partial charge is 0.396 e. The Bertz CT molecular complexity index is 426. The van der Waals surface area contributed by atoms with E-state index in [0.717, 1.165) is 24.8 Å². The van der Waals surface area contributed by atoms with Crippen molar-refractivity contribution in [3.8, 4) is 0 Å². The van der Waals surface area contributed by atoms with Gasteiger partial charge in [0.05, 0.1) is 0 Å². The number of carbonyl (C=O) groups is 1. The average Bonchev–Trinajstić information content (AvgIpc) is 2.38. The molecular formula is C14H21ClN2O2. The van der Waals surface area contributed by atoms with E-state index in [4.69, 9.17) is 22.4 Å². The van der Waals surface area contributed by atoms with Crippen LogP contribution in [0.2, 0.25) is 5.02 Å². The molecule has 5 heteroatoms. The molecule has 1 aromatic carbocycles. The maximum absolute atomic E-state index is 11.7. The van der Waals surface area contributed by atoms with E-state index in [-0.39, 0.29) is 6.61 Å². The maximum atomic E-state index is 11.7. The van der Waals surface area contributed by atoms with Crippen LogP contribution in [0.3, 0.4) is 0 Å². The van der Waals surface area contributed by atoms with Gasteiger partial charge in [0, 0.05) is 11.6 Å². The van der Waals surface area contributed by atoms with Crippen molar-refractivity contribution in [2.24, 2.45) is 5.73 Å². The van der Waals surface area contributed by atoms with Gasteiger partial charge in [-0.25, -0.2) is 0 Å². The zero-order valence-electron chi connectivity index (χ0n) is 11.2. The monoisotopic (exact) mass is 284 g/mol. The minimum absolute atomic E-state index is 0.196. The van der Waals surface area contributed by atoms with E-state index in [1.807, 2.05) is 6.07 Å². The van der Waals surface area contributed by atoms with Crippen molar-refractivity contribution in [2.45, 2.75) is 31.7 Å². The van der Waals surface area contributed by atoms with E-state index >= 15 is 0 Å². The summed E-state index contributed by atoms with van der Waals surface area (Å²) in [5.74, 6) is -0.433. The predicted molar refractivity (Wildman–Crippen MR) is 76.9 cm³/mol. The number of nitrogens with one attached hydrogen (secondary N) is 1. The second kappa shape index (κ2) is 7.48. The summed E-state index contributed by atoms with van der Waals surface area (Å²) in [6.45, 7) is 2.61. The fourth-order valence-electron chi connectivity index (χ4n) is 1.88. The molecule has 0 saturated heterocycles. The molecule has 0 fully saturated rings. The quantitative estimate of drug-likeness (QED) is 0.637. The number of aliphatic hydroxyl groups excluding tert-OH is 1. The lowest BCUT2D eigenvalue weighted by molar-refractivity contribution is -0.124. The molecule has 0 radical (unpaired) electrons. The Morgan fingerprint density at radius 1 is 1.42 bits per heavy atom. The van der Waals surface area contributed by atoms with Crippen LogP contribution in [0.1, 0.15) is 31.7 Å². The topological polar surface area (TPSA) is 75.3 Å². The molecule has 1 unspecified atom stereocenters. The van der Waals surface area contributed by atoms with Gasteiger partial charge in [-0.1, -0.05) is 23.7 Å². The van der Waals surface area contributed by atoms with Gasteiger partial charge < -0.3 is 10.8 Å². The molecule has 1 aromatic rings. The molecule has 0 saturated carbocycles. The number of unbranched alkanes of at least 4 members (excludes halogenated alkanes) is 2. The van der Waals surface area contributed by atoms with Gasteiger partial charge in [-0.15, -0.1) is 0 Å². The van der Waals surface area contributed by atoms with Gasteiger partial charge >= 0.3 is 0 Å². The smallest absolute Gasteiger partial charge is 0.242 e. The number of halogens is 1. The first kappa shape index (κ1) is 16.0. The van der Waals surface area contributed by atoms with Crippen molar-refractivity contribution in [1.29, 1.82) is 0 Å². The highest BCUT2D eigenvalue weighted by Gasteiger charge is 2.32. The van der Waals surface area contributed by atoms with Crippen molar-refractivity contribution < 1.29 is 9.90 Å². The Labute approximate surface area is 118 Å². The fourth-order valence-corrected chi connectivity index (χ4v) is 2.07. The van der Waals surface area contributed by atoms with Crippen LogP contribution in [0.25, 0.3) is 0 Å². The minimum Gasteiger partial charge on any atom is -0.396 e. The molecule has 106 valence electrons. The third-order valence-corrected chi connectivity index (χ3v) is 3.44. The Morgan fingerprint density at radius 2 is 2.16 bits per heavy atom. The summed E-state index contributed by atoms with van der Waals surface area (Å²) >= 11 is 5.95. The first-order chi connectivity index (χ1) is 9.00. The normalized spacial score (nSPS) is 14.1. The minimum atomic E-state index is -0.926. The van der Waals surface area contributed by atoms with Crippen LogP contribution in [-0.2, 0) is 10.3 Å². The number of hydrogen-bond acceptors (Lipinski definition) is 3. The highest BCUT2D eigenvalue weighted by atomic mass is 35.5. The Balaban J connectivity index is 2.72. The van der Waals surface area contributed by atoms with E-state index in [2.05, 4.69) is 5.32 Å². The van der Waals surface area contributed by atoms with E-state index in [1.165, 1.54) is 0 Å². The van der Waals surface area contributed by atoms with Crippen molar-refractivity contribution in [1.82, 2.24) is 5.32 Å². The molecule has 0 spiro atoms. The lowest BCUT2D eigenvalue weighted by Crippen LogP contribution is -2.50. The number of rotatable bonds is 8. The van der Waals surface area contributed by atoms with Crippen LogP contribution < -0.4 is 11.1 Å². The summed E-state index contributed by atoms with van der Waals surface area (Å²) < 4.78 is 0. The van der Waals surface area contributed by atoms with Crippen LogP contribution in [0.15, 0.2) is 24.3 Å². The van der Waals surface area contributed by atoms with E-state index in [0.29, 0.717) is 11.6 Å². The van der Waals surface area contributed by atoms with Crippen LogP contribution in [0.4, 0.5) is 0 Å². The summed E-state index contributed by atoms with van der Waals surface area (Å²) in [6.07, 6.45) is 2.56. The summed E-state index contributed by atoms with van der Waals surface area (Å²) in [5, 5.41) is 12.5.